The zero-order valence-corrected chi connectivity index (χ0v) is 13.9. The fourth-order valence-electron chi connectivity index (χ4n) is 2.09. The highest BCUT2D eigenvalue weighted by atomic mass is 35.5. The molecule has 0 bridgehead atoms. The number of benzene rings is 2. The molecular weight excluding hydrogens is 314 g/mol. The minimum absolute atomic E-state index is 0. The molecule has 0 fully saturated rings. The van der Waals surface area contributed by atoms with E-state index < -0.39 is 0 Å². The largest absolute Gasteiger partial charge is 0.489 e. The van der Waals surface area contributed by atoms with E-state index in [2.05, 4.69) is 0 Å². The Hall–Kier alpha value is -2.04. The normalized spacial score (nSPS) is 11.2. The van der Waals surface area contributed by atoms with Crippen molar-refractivity contribution in [2.75, 3.05) is 6.61 Å². The zero-order chi connectivity index (χ0) is 15.8. The van der Waals surface area contributed by atoms with E-state index in [1.807, 2.05) is 54.6 Å². The second-order valence-electron chi connectivity index (χ2n) is 4.96. The molecule has 124 valence electrons. The molecule has 0 radical (unpaired) electrons. The van der Waals surface area contributed by atoms with Crippen LogP contribution in [0.4, 0.5) is 0 Å². The maximum absolute atomic E-state index is 11.5. The van der Waals surface area contributed by atoms with Crippen LogP contribution in [0, 0.1) is 0 Å². The van der Waals surface area contributed by atoms with Crippen LogP contribution in [0.15, 0.2) is 54.6 Å². The third-order valence-corrected chi connectivity index (χ3v) is 3.23. The van der Waals surface area contributed by atoms with Crippen molar-refractivity contribution >= 4 is 18.4 Å². The van der Waals surface area contributed by atoms with E-state index in [-0.39, 0.29) is 30.8 Å². The van der Waals surface area contributed by atoms with Gasteiger partial charge in [-0.25, -0.2) is 0 Å². The first kappa shape index (κ1) is 19.0. The van der Waals surface area contributed by atoms with Gasteiger partial charge in [0.05, 0.1) is 13.0 Å². The fourth-order valence-corrected chi connectivity index (χ4v) is 2.09. The highest BCUT2D eigenvalue weighted by Gasteiger charge is 2.13. The highest BCUT2D eigenvalue weighted by Crippen LogP contribution is 2.21. The molecule has 4 nitrogen and oxygen atoms in total. The lowest BCUT2D eigenvalue weighted by atomic mass is 10.0. The van der Waals surface area contributed by atoms with Gasteiger partial charge in [0.15, 0.2) is 0 Å². The summed E-state index contributed by atoms with van der Waals surface area (Å²) in [5.74, 6) is 0.450. The minimum atomic E-state index is -0.390. The van der Waals surface area contributed by atoms with Crippen molar-refractivity contribution in [3.05, 3.63) is 65.7 Å². The van der Waals surface area contributed by atoms with Crippen molar-refractivity contribution in [3.8, 4) is 5.75 Å². The maximum Gasteiger partial charge on any atom is 0.307 e. The summed E-state index contributed by atoms with van der Waals surface area (Å²) in [6.07, 6.45) is 0.163. The quantitative estimate of drug-likeness (QED) is 0.785. The van der Waals surface area contributed by atoms with Crippen LogP contribution in [0.1, 0.15) is 30.5 Å². The molecular formula is C18H22ClNO3. The van der Waals surface area contributed by atoms with Gasteiger partial charge in [0.2, 0.25) is 0 Å². The zero-order valence-electron chi connectivity index (χ0n) is 13.1. The first-order valence-corrected chi connectivity index (χ1v) is 7.37. The molecule has 0 saturated heterocycles. The van der Waals surface area contributed by atoms with Crippen LogP contribution in [0.5, 0.6) is 5.75 Å². The van der Waals surface area contributed by atoms with Gasteiger partial charge in [0.25, 0.3) is 0 Å². The van der Waals surface area contributed by atoms with Gasteiger partial charge in [-0.15, -0.1) is 12.4 Å². The highest BCUT2D eigenvalue weighted by molar-refractivity contribution is 5.85. The fraction of sp³-hybridized carbons (Fsp3) is 0.278. The van der Waals surface area contributed by atoms with Gasteiger partial charge in [-0.2, -0.15) is 0 Å². The number of hydrogen-bond donors (Lipinski definition) is 1. The summed E-state index contributed by atoms with van der Waals surface area (Å²) >= 11 is 0. The number of rotatable bonds is 7. The number of esters is 1. The Bertz CT molecular complexity index is 604. The Morgan fingerprint density at radius 3 is 2.57 bits per heavy atom. The van der Waals surface area contributed by atoms with Crippen LogP contribution in [-0.2, 0) is 16.1 Å². The van der Waals surface area contributed by atoms with Crippen LogP contribution in [0.25, 0.3) is 0 Å². The van der Waals surface area contributed by atoms with Crippen LogP contribution in [0.3, 0.4) is 0 Å². The summed E-state index contributed by atoms with van der Waals surface area (Å²) in [6.45, 7) is 2.64. The molecule has 0 unspecified atom stereocenters. The molecule has 0 aromatic heterocycles. The van der Waals surface area contributed by atoms with Crippen LogP contribution in [-0.4, -0.2) is 12.6 Å². The van der Waals surface area contributed by atoms with Crippen LogP contribution in [0.2, 0.25) is 0 Å². The molecule has 1 atom stereocenters. The van der Waals surface area contributed by atoms with Gasteiger partial charge in [-0.1, -0.05) is 42.5 Å². The Labute approximate surface area is 143 Å². The van der Waals surface area contributed by atoms with Crippen molar-refractivity contribution in [3.63, 3.8) is 0 Å². The summed E-state index contributed by atoms with van der Waals surface area (Å²) in [7, 11) is 0. The molecule has 0 aliphatic heterocycles. The third kappa shape index (κ3) is 6.30. The summed E-state index contributed by atoms with van der Waals surface area (Å²) in [6, 6.07) is 17.1. The molecule has 2 N–H and O–H groups in total. The number of carbonyl (C=O) groups is 1. The predicted molar refractivity (Wildman–Crippen MR) is 92.6 cm³/mol. The van der Waals surface area contributed by atoms with Crippen molar-refractivity contribution < 1.29 is 14.3 Å². The van der Waals surface area contributed by atoms with E-state index >= 15 is 0 Å². The smallest absolute Gasteiger partial charge is 0.307 e. The molecule has 23 heavy (non-hydrogen) atoms. The molecule has 2 aromatic rings. The maximum atomic E-state index is 11.5. The van der Waals surface area contributed by atoms with Gasteiger partial charge in [0.1, 0.15) is 12.4 Å². The lowest BCUT2D eigenvalue weighted by Gasteiger charge is -2.13. The standard InChI is InChI=1S/C18H21NO3.ClH/c1-2-21-18(20)12-17(19)15-9-6-10-16(11-15)22-13-14-7-4-3-5-8-14;/h3-11,17H,2,12-13,19H2,1H3;1H/t17-;/m1./s1. The SMILES string of the molecule is CCOC(=O)C[C@@H](N)c1cccc(OCc2ccccc2)c1.Cl. The van der Waals surface area contributed by atoms with E-state index in [0.29, 0.717) is 13.2 Å². The van der Waals surface area contributed by atoms with E-state index in [4.69, 9.17) is 15.2 Å². The van der Waals surface area contributed by atoms with E-state index in [1.54, 1.807) is 6.92 Å². The van der Waals surface area contributed by atoms with Crippen molar-refractivity contribution in [1.29, 1.82) is 0 Å². The predicted octanol–water partition coefficient (Wildman–Crippen LogP) is 3.64. The Morgan fingerprint density at radius 2 is 1.87 bits per heavy atom. The molecule has 2 aromatic carbocycles. The second-order valence-corrected chi connectivity index (χ2v) is 4.96. The second kappa shape index (κ2) is 9.87. The number of nitrogens with two attached hydrogens (primary N) is 1. The van der Waals surface area contributed by atoms with E-state index in [1.165, 1.54) is 0 Å². The average Bonchev–Trinajstić information content (AvgIpc) is 2.54. The summed E-state index contributed by atoms with van der Waals surface area (Å²) < 4.78 is 10.7. The molecule has 0 spiro atoms. The Balaban J connectivity index is 0.00000264. The first-order valence-electron chi connectivity index (χ1n) is 7.37. The van der Waals surface area contributed by atoms with Gasteiger partial charge >= 0.3 is 5.97 Å². The molecule has 2 rings (SSSR count). The average molecular weight is 336 g/mol. The first-order chi connectivity index (χ1) is 10.7. The Morgan fingerprint density at radius 1 is 1.13 bits per heavy atom. The van der Waals surface area contributed by atoms with Crippen LogP contribution < -0.4 is 10.5 Å². The molecule has 5 heteroatoms. The number of halogens is 1. The number of carbonyl (C=O) groups excluding carboxylic acids is 1. The van der Waals surface area contributed by atoms with E-state index in [9.17, 15) is 4.79 Å². The number of hydrogen-bond acceptors (Lipinski definition) is 4. The minimum Gasteiger partial charge on any atom is -0.489 e. The van der Waals surface area contributed by atoms with Crippen molar-refractivity contribution in [2.45, 2.75) is 26.0 Å². The topological polar surface area (TPSA) is 61.5 Å². The number of ether oxygens (including phenoxy) is 2. The summed E-state index contributed by atoms with van der Waals surface area (Å²) in [5.41, 5.74) is 8.01. The monoisotopic (exact) mass is 335 g/mol. The molecule has 0 heterocycles. The van der Waals surface area contributed by atoms with Crippen molar-refractivity contribution in [2.24, 2.45) is 5.73 Å². The van der Waals surface area contributed by atoms with E-state index in [0.717, 1.165) is 16.9 Å². The van der Waals surface area contributed by atoms with Gasteiger partial charge < -0.3 is 15.2 Å². The van der Waals surface area contributed by atoms with Gasteiger partial charge in [-0.05, 0) is 30.2 Å². The van der Waals surface area contributed by atoms with Crippen molar-refractivity contribution in [1.82, 2.24) is 0 Å². The Kier molecular flexibility index (Phi) is 8.16. The molecule has 0 aliphatic carbocycles. The lowest BCUT2D eigenvalue weighted by Crippen LogP contribution is -2.17. The molecule has 0 amide bonds. The van der Waals surface area contributed by atoms with Gasteiger partial charge in [-0.3, -0.25) is 4.79 Å². The molecule has 0 aliphatic rings. The summed E-state index contributed by atoms with van der Waals surface area (Å²) in [5, 5.41) is 0. The van der Waals surface area contributed by atoms with Crippen LogP contribution >= 0.6 is 12.4 Å². The lowest BCUT2D eigenvalue weighted by molar-refractivity contribution is -0.143. The van der Waals surface area contributed by atoms with Gasteiger partial charge in [0, 0.05) is 6.04 Å². The summed E-state index contributed by atoms with van der Waals surface area (Å²) in [4.78, 5) is 11.5. The third-order valence-electron chi connectivity index (χ3n) is 3.23. The molecule has 0 saturated carbocycles.